The quantitative estimate of drug-likeness (QED) is 0.761. The topological polar surface area (TPSA) is 75.7 Å². The van der Waals surface area contributed by atoms with E-state index in [-0.39, 0.29) is 30.1 Å². The van der Waals surface area contributed by atoms with Crippen LogP contribution in [-0.4, -0.2) is 22.7 Å². The highest BCUT2D eigenvalue weighted by atomic mass is 35.5. The third-order valence-electron chi connectivity index (χ3n) is 3.29. The molecule has 0 spiro atoms. The summed E-state index contributed by atoms with van der Waals surface area (Å²) in [6.07, 6.45) is -5.73. The first-order chi connectivity index (χ1) is 10.8. The first-order valence-corrected chi connectivity index (χ1v) is 6.82. The number of phenolic OH excluding ortho intramolecular Hbond substituents is 1. The Balaban J connectivity index is 0.00000288. The number of benzene rings is 2. The van der Waals surface area contributed by atoms with Gasteiger partial charge in [-0.3, -0.25) is 0 Å². The molecule has 2 rings (SSSR count). The fourth-order valence-electron chi connectivity index (χ4n) is 2.19. The maximum absolute atomic E-state index is 12.3. The first-order valence-electron chi connectivity index (χ1n) is 6.82. The number of alkyl halides is 3. The van der Waals surface area contributed by atoms with Crippen LogP contribution in [0.2, 0.25) is 0 Å². The van der Waals surface area contributed by atoms with Gasteiger partial charge in [-0.05, 0) is 23.8 Å². The Morgan fingerprint density at radius 1 is 1.08 bits per heavy atom. The summed E-state index contributed by atoms with van der Waals surface area (Å²) in [5, 5.41) is 20.0. The molecule has 2 atom stereocenters. The monoisotopic (exact) mass is 363 g/mol. The van der Waals surface area contributed by atoms with E-state index in [0.717, 1.165) is 23.8 Å². The van der Waals surface area contributed by atoms with Gasteiger partial charge in [0.05, 0.1) is 12.1 Å². The number of hydrogen-bond acceptors (Lipinski definition) is 4. The number of ether oxygens (including phenoxy) is 1. The third kappa shape index (κ3) is 5.59. The van der Waals surface area contributed by atoms with E-state index in [1.54, 1.807) is 24.3 Å². The molecule has 0 aliphatic carbocycles. The van der Waals surface area contributed by atoms with Crippen molar-refractivity contribution in [1.29, 1.82) is 0 Å². The Bertz CT molecular complexity index is 653. The van der Waals surface area contributed by atoms with Crippen LogP contribution in [0, 0.1) is 0 Å². The molecule has 4 N–H and O–H groups in total. The number of nitrogens with two attached hydrogens (primary N) is 1. The molecular formula is C16H17ClF3NO3. The van der Waals surface area contributed by atoms with Gasteiger partial charge in [-0.2, -0.15) is 0 Å². The highest BCUT2D eigenvalue weighted by Gasteiger charge is 2.32. The lowest BCUT2D eigenvalue weighted by atomic mass is 9.96. The summed E-state index contributed by atoms with van der Waals surface area (Å²) in [5.41, 5.74) is 6.67. The Labute approximate surface area is 143 Å². The van der Waals surface area contributed by atoms with Crippen LogP contribution in [-0.2, 0) is 6.42 Å². The molecule has 0 aliphatic heterocycles. The van der Waals surface area contributed by atoms with E-state index in [4.69, 9.17) is 5.73 Å². The van der Waals surface area contributed by atoms with Crippen molar-refractivity contribution in [1.82, 2.24) is 0 Å². The zero-order valence-corrected chi connectivity index (χ0v) is 13.2. The maximum atomic E-state index is 12.3. The van der Waals surface area contributed by atoms with E-state index in [9.17, 15) is 23.4 Å². The van der Waals surface area contributed by atoms with E-state index in [1.807, 2.05) is 6.07 Å². The van der Waals surface area contributed by atoms with Gasteiger partial charge in [-0.25, -0.2) is 0 Å². The summed E-state index contributed by atoms with van der Waals surface area (Å²) >= 11 is 0. The molecule has 0 unspecified atom stereocenters. The van der Waals surface area contributed by atoms with Crippen LogP contribution in [0.15, 0.2) is 48.5 Å². The van der Waals surface area contributed by atoms with Crippen molar-refractivity contribution < 1.29 is 28.1 Å². The number of phenols is 1. The molecule has 0 saturated carbocycles. The lowest BCUT2D eigenvalue weighted by Gasteiger charge is -2.21. The second kappa shape index (κ2) is 8.23. The molecule has 132 valence electrons. The van der Waals surface area contributed by atoms with Crippen LogP contribution < -0.4 is 10.5 Å². The average Bonchev–Trinajstić information content (AvgIpc) is 2.48. The van der Waals surface area contributed by atoms with Crippen molar-refractivity contribution in [3.8, 4) is 11.5 Å². The number of rotatable bonds is 5. The van der Waals surface area contributed by atoms with Gasteiger partial charge < -0.3 is 20.7 Å². The van der Waals surface area contributed by atoms with Crippen molar-refractivity contribution in [3.05, 3.63) is 59.7 Å². The van der Waals surface area contributed by atoms with E-state index < -0.39 is 24.3 Å². The number of aliphatic hydroxyl groups excluding tert-OH is 1. The van der Waals surface area contributed by atoms with E-state index in [2.05, 4.69) is 4.74 Å². The number of aliphatic hydroxyl groups is 1. The first kappa shape index (κ1) is 20.1. The third-order valence-corrected chi connectivity index (χ3v) is 3.29. The van der Waals surface area contributed by atoms with Crippen LogP contribution in [0.3, 0.4) is 0 Å². The molecule has 0 amide bonds. The molecule has 4 nitrogen and oxygen atoms in total. The Hall–Kier alpha value is -1.96. The lowest BCUT2D eigenvalue weighted by molar-refractivity contribution is -0.274. The van der Waals surface area contributed by atoms with Gasteiger partial charge >= 0.3 is 6.36 Å². The molecule has 2 aromatic rings. The summed E-state index contributed by atoms with van der Waals surface area (Å²) in [5.74, 6) is -0.813. The molecule has 0 bridgehead atoms. The molecule has 0 heterocycles. The summed E-state index contributed by atoms with van der Waals surface area (Å²) in [6.45, 7) is 0. The van der Waals surface area contributed by atoms with Crippen molar-refractivity contribution >= 4 is 12.4 Å². The Morgan fingerprint density at radius 2 is 1.71 bits per heavy atom. The number of aromatic hydroxyl groups is 1. The van der Waals surface area contributed by atoms with Crippen LogP contribution in [0.4, 0.5) is 13.2 Å². The molecule has 0 aliphatic rings. The fraction of sp³-hybridized carbons (Fsp3) is 0.250. The molecule has 0 radical (unpaired) electrons. The van der Waals surface area contributed by atoms with Crippen LogP contribution in [0.1, 0.15) is 17.2 Å². The second-order valence-corrected chi connectivity index (χ2v) is 5.05. The zero-order valence-electron chi connectivity index (χ0n) is 12.4. The smallest absolute Gasteiger partial charge is 0.508 e. The van der Waals surface area contributed by atoms with Gasteiger partial charge in [-0.1, -0.05) is 30.3 Å². The Kier molecular flexibility index (Phi) is 6.89. The van der Waals surface area contributed by atoms with Crippen molar-refractivity contribution in [2.24, 2.45) is 5.73 Å². The summed E-state index contributed by atoms with van der Waals surface area (Å²) in [6, 6.07) is 10.9. The summed E-state index contributed by atoms with van der Waals surface area (Å²) < 4.78 is 40.6. The Morgan fingerprint density at radius 3 is 2.29 bits per heavy atom. The van der Waals surface area contributed by atoms with E-state index in [0.29, 0.717) is 0 Å². The highest BCUT2D eigenvalue weighted by molar-refractivity contribution is 5.85. The fourth-order valence-corrected chi connectivity index (χ4v) is 2.19. The van der Waals surface area contributed by atoms with E-state index >= 15 is 0 Å². The molecule has 0 aromatic heterocycles. The van der Waals surface area contributed by atoms with Crippen molar-refractivity contribution in [2.45, 2.75) is 24.9 Å². The van der Waals surface area contributed by atoms with Gasteiger partial charge in [0, 0.05) is 12.0 Å². The van der Waals surface area contributed by atoms with Crippen molar-refractivity contribution in [3.63, 3.8) is 0 Å². The average molecular weight is 364 g/mol. The highest BCUT2D eigenvalue weighted by Crippen LogP contribution is 2.32. The minimum atomic E-state index is -4.85. The van der Waals surface area contributed by atoms with E-state index in [1.165, 1.54) is 0 Å². The van der Waals surface area contributed by atoms with Gasteiger partial charge in [-0.15, -0.1) is 25.6 Å². The van der Waals surface area contributed by atoms with Gasteiger partial charge in [0.15, 0.2) is 0 Å². The van der Waals surface area contributed by atoms with Crippen LogP contribution in [0.25, 0.3) is 0 Å². The largest absolute Gasteiger partial charge is 0.573 e. The molecule has 2 aromatic carbocycles. The number of hydrogen-bond donors (Lipinski definition) is 3. The van der Waals surface area contributed by atoms with Gasteiger partial charge in [0.25, 0.3) is 0 Å². The van der Waals surface area contributed by atoms with Crippen LogP contribution in [0.5, 0.6) is 11.5 Å². The predicted octanol–water partition coefficient (Wildman–Crippen LogP) is 3.32. The van der Waals surface area contributed by atoms with Crippen molar-refractivity contribution in [2.75, 3.05) is 0 Å². The number of halogens is 4. The van der Waals surface area contributed by atoms with Gasteiger partial charge in [0.2, 0.25) is 0 Å². The minimum absolute atomic E-state index is 0. The maximum Gasteiger partial charge on any atom is 0.573 e. The SMILES string of the molecule is Cl.N[C@@H](c1cc(OC(F)(F)F)ccc1O)[C@H](O)Cc1ccccc1. The molecule has 0 saturated heterocycles. The summed E-state index contributed by atoms with van der Waals surface area (Å²) in [7, 11) is 0. The predicted molar refractivity (Wildman–Crippen MR) is 85.1 cm³/mol. The molecule has 24 heavy (non-hydrogen) atoms. The molecule has 0 fully saturated rings. The minimum Gasteiger partial charge on any atom is -0.508 e. The summed E-state index contributed by atoms with van der Waals surface area (Å²) in [4.78, 5) is 0. The zero-order chi connectivity index (χ0) is 17.0. The lowest BCUT2D eigenvalue weighted by Crippen LogP contribution is -2.28. The van der Waals surface area contributed by atoms with Crippen LogP contribution >= 0.6 is 12.4 Å². The normalized spacial score (nSPS) is 13.7. The second-order valence-electron chi connectivity index (χ2n) is 5.05. The van der Waals surface area contributed by atoms with Gasteiger partial charge in [0.1, 0.15) is 11.5 Å². The molecule has 8 heteroatoms. The molecular weight excluding hydrogens is 347 g/mol. The standard InChI is InChI=1S/C16H16F3NO3.ClH/c17-16(18,19)23-11-6-7-13(21)12(9-11)15(20)14(22)8-10-4-2-1-3-5-10;/h1-7,9,14-15,21-22H,8,20H2;1H/t14-,15+;/m1./s1.